The van der Waals surface area contributed by atoms with Crippen LogP contribution in [0, 0.1) is 0 Å². The van der Waals surface area contributed by atoms with E-state index in [4.69, 9.17) is 0 Å². The molecular formula is C20H17N5OS. The quantitative estimate of drug-likeness (QED) is 0.565. The number of nitrogens with zero attached hydrogens (tertiary/aromatic N) is 4. The van der Waals surface area contributed by atoms with Gasteiger partial charge in [0.1, 0.15) is 6.04 Å². The normalized spacial score (nSPS) is 11.9. The molecule has 1 aromatic carbocycles. The van der Waals surface area contributed by atoms with E-state index in [1.807, 2.05) is 61.0 Å². The molecule has 4 aromatic rings. The van der Waals surface area contributed by atoms with Crippen LogP contribution in [0.4, 0.5) is 5.13 Å². The Morgan fingerprint density at radius 2 is 1.89 bits per heavy atom. The maximum absolute atomic E-state index is 12.4. The summed E-state index contributed by atoms with van der Waals surface area (Å²) >= 11 is 1.39. The summed E-state index contributed by atoms with van der Waals surface area (Å²) in [5.41, 5.74) is 3.72. The topological polar surface area (TPSA) is 72.7 Å². The molecule has 0 aliphatic carbocycles. The molecule has 0 aliphatic heterocycles. The molecule has 27 heavy (non-hydrogen) atoms. The van der Waals surface area contributed by atoms with E-state index in [9.17, 15) is 4.79 Å². The summed E-state index contributed by atoms with van der Waals surface area (Å²) < 4.78 is 1.66. The Morgan fingerprint density at radius 1 is 1.04 bits per heavy atom. The van der Waals surface area contributed by atoms with Crippen LogP contribution < -0.4 is 5.32 Å². The van der Waals surface area contributed by atoms with Crippen LogP contribution in [-0.2, 0) is 4.79 Å². The molecule has 0 radical (unpaired) electrons. The molecule has 1 atom stereocenters. The van der Waals surface area contributed by atoms with Gasteiger partial charge in [0, 0.05) is 35.1 Å². The second kappa shape index (κ2) is 7.51. The van der Waals surface area contributed by atoms with Gasteiger partial charge >= 0.3 is 0 Å². The van der Waals surface area contributed by atoms with Crippen molar-refractivity contribution in [1.82, 2.24) is 19.7 Å². The molecule has 0 bridgehead atoms. The Bertz CT molecular complexity index is 1040. The van der Waals surface area contributed by atoms with Crippen molar-refractivity contribution in [3.05, 3.63) is 72.5 Å². The Morgan fingerprint density at radius 3 is 2.63 bits per heavy atom. The van der Waals surface area contributed by atoms with Gasteiger partial charge in [-0.1, -0.05) is 24.3 Å². The van der Waals surface area contributed by atoms with E-state index in [1.165, 1.54) is 11.3 Å². The molecule has 0 saturated carbocycles. The number of benzene rings is 1. The van der Waals surface area contributed by atoms with E-state index in [2.05, 4.69) is 26.4 Å². The minimum atomic E-state index is -0.443. The van der Waals surface area contributed by atoms with Gasteiger partial charge in [-0.3, -0.25) is 14.5 Å². The molecule has 1 N–H and O–H groups in total. The smallest absolute Gasteiger partial charge is 0.250 e. The lowest BCUT2D eigenvalue weighted by Gasteiger charge is -2.11. The number of hydrogen-bond donors (Lipinski definition) is 1. The highest BCUT2D eigenvalue weighted by molar-refractivity contribution is 7.13. The second-order valence-electron chi connectivity index (χ2n) is 5.98. The van der Waals surface area contributed by atoms with Crippen LogP contribution in [0.3, 0.4) is 0 Å². The van der Waals surface area contributed by atoms with E-state index in [-0.39, 0.29) is 5.91 Å². The fourth-order valence-electron chi connectivity index (χ4n) is 2.69. The number of nitrogens with one attached hydrogen (secondary N) is 1. The van der Waals surface area contributed by atoms with Crippen LogP contribution in [0.25, 0.3) is 22.5 Å². The van der Waals surface area contributed by atoms with Gasteiger partial charge in [0.15, 0.2) is 5.13 Å². The van der Waals surface area contributed by atoms with Crippen LogP contribution >= 0.6 is 11.3 Å². The van der Waals surface area contributed by atoms with Crippen molar-refractivity contribution >= 4 is 22.4 Å². The standard InChI is InChI=1S/C20H17N5OS/c1-14(19(26)23-20-22-10-12-27-20)25-11-8-18(24-25)16-6-4-5-15(13-16)17-7-2-3-9-21-17/h2-14H,1H3,(H,22,23,26). The first-order valence-corrected chi connectivity index (χ1v) is 9.36. The summed E-state index contributed by atoms with van der Waals surface area (Å²) in [6.07, 6.45) is 5.25. The zero-order valence-corrected chi connectivity index (χ0v) is 15.4. The third-order valence-corrected chi connectivity index (χ3v) is 4.85. The van der Waals surface area contributed by atoms with Gasteiger partial charge in [0.05, 0.1) is 11.4 Å². The third kappa shape index (κ3) is 3.78. The first-order valence-electron chi connectivity index (χ1n) is 8.48. The first-order chi connectivity index (χ1) is 13.2. The van der Waals surface area contributed by atoms with Gasteiger partial charge in [0.25, 0.3) is 5.91 Å². The lowest BCUT2D eigenvalue weighted by molar-refractivity contribution is -0.119. The second-order valence-corrected chi connectivity index (χ2v) is 6.87. The van der Waals surface area contributed by atoms with E-state index in [0.717, 1.165) is 22.5 Å². The number of aromatic nitrogens is 4. The average molecular weight is 375 g/mol. The molecule has 3 aromatic heterocycles. The molecule has 6 nitrogen and oxygen atoms in total. The fourth-order valence-corrected chi connectivity index (χ4v) is 3.23. The van der Waals surface area contributed by atoms with E-state index in [1.54, 1.807) is 17.1 Å². The molecule has 0 aliphatic rings. The van der Waals surface area contributed by atoms with Gasteiger partial charge in [-0.05, 0) is 31.2 Å². The Kier molecular flexibility index (Phi) is 4.76. The number of anilines is 1. The average Bonchev–Trinajstić information content (AvgIpc) is 3.40. The van der Waals surface area contributed by atoms with E-state index < -0.39 is 6.04 Å². The number of amides is 1. The van der Waals surface area contributed by atoms with E-state index in [0.29, 0.717) is 5.13 Å². The van der Waals surface area contributed by atoms with E-state index >= 15 is 0 Å². The number of hydrogen-bond acceptors (Lipinski definition) is 5. The molecule has 0 spiro atoms. The van der Waals surface area contributed by atoms with Crippen molar-refractivity contribution < 1.29 is 4.79 Å². The van der Waals surface area contributed by atoms with Crippen molar-refractivity contribution in [2.75, 3.05) is 5.32 Å². The highest BCUT2D eigenvalue weighted by atomic mass is 32.1. The third-order valence-electron chi connectivity index (χ3n) is 4.17. The molecule has 1 unspecified atom stereocenters. The molecule has 4 rings (SSSR count). The molecule has 0 saturated heterocycles. The van der Waals surface area contributed by atoms with Crippen molar-refractivity contribution in [2.45, 2.75) is 13.0 Å². The predicted molar refractivity (Wildman–Crippen MR) is 106 cm³/mol. The maximum atomic E-state index is 12.4. The minimum absolute atomic E-state index is 0.151. The number of pyridine rings is 1. The molecule has 7 heteroatoms. The number of thiazole rings is 1. The summed E-state index contributed by atoms with van der Waals surface area (Å²) in [5.74, 6) is -0.151. The van der Waals surface area contributed by atoms with Crippen molar-refractivity contribution in [2.24, 2.45) is 0 Å². The lowest BCUT2D eigenvalue weighted by atomic mass is 10.1. The van der Waals surface area contributed by atoms with Crippen LogP contribution in [0.2, 0.25) is 0 Å². The molecular weight excluding hydrogens is 358 g/mol. The van der Waals surface area contributed by atoms with Gasteiger partial charge in [-0.2, -0.15) is 5.10 Å². The van der Waals surface area contributed by atoms with Crippen molar-refractivity contribution in [3.63, 3.8) is 0 Å². The summed E-state index contributed by atoms with van der Waals surface area (Å²) in [6, 6.07) is 15.4. The van der Waals surface area contributed by atoms with Crippen molar-refractivity contribution in [1.29, 1.82) is 0 Å². The van der Waals surface area contributed by atoms with Gasteiger partial charge in [-0.15, -0.1) is 11.3 Å². The minimum Gasteiger partial charge on any atom is -0.300 e. The Hall–Kier alpha value is -3.32. The SMILES string of the molecule is CC(C(=O)Nc1nccs1)n1ccc(-c2cccc(-c3ccccn3)c2)n1. The van der Waals surface area contributed by atoms with Crippen LogP contribution in [0.1, 0.15) is 13.0 Å². The monoisotopic (exact) mass is 375 g/mol. The maximum Gasteiger partial charge on any atom is 0.250 e. The van der Waals surface area contributed by atoms with Gasteiger partial charge in [0.2, 0.25) is 0 Å². The Labute approximate surface area is 160 Å². The summed E-state index contributed by atoms with van der Waals surface area (Å²) in [6.45, 7) is 1.81. The van der Waals surface area contributed by atoms with Crippen LogP contribution in [0.15, 0.2) is 72.5 Å². The molecule has 0 fully saturated rings. The van der Waals surface area contributed by atoms with Gasteiger partial charge in [-0.25, -0.2) is 4.98 Å². The molecule has 3 heterocycles. The highest BCUT2D eigenvalue weighted by Gasteiger charge is 2.17. The fraction of sp³-hybridized carbons (Fsp3) is 0.100. The lowest BCUT2D eigenvalue weighted by Crippen LogP contribution is -2.24. The number of carbonyl (C=O) groups excluding carboxylic acids is 1. The summed E-state index contributed by atoms with van der Waals surface area (Å²) in [4.78, 5) is 20.8. The zero-order valence-electron chi connectivity index (χ0n) is 14.6. The zero-order chi connectivity index (χ0) is 18.6. The first kappa shape index (κ1) is 17.1. The van der Waals surface area contributed by atoms with Crippen molar-refractivity contribution in [3.8, 4) is 22.5 Å². The summed E-state index contributed by atoms with van der Waals surface area (Å²) in [5, 5.41) is 9.79. The predicted octanol–water partition coefficient (Wildman–Crippen LogP) is 4.27. The molecule has 134 valence electrons. The largest absolute Gasteiger partial charge is 0.300 e. The highest BCUT2D eigenvalue weighted by Crippen LogP contribution is 2.25. The summed E-state index contributed by atoms with van der Waals surface area (Å²) in [7, 11) is 0. The Balaban J connectivity index is 1.55. The number of carbonyl (C=O) groups is 1. The molecule has 1 amide bonds. The van der Waals surface area contributed by atoms with Crippen LogP contribution in [0.5, 0.6) is 0 Å². The van der Waals surface area contributed by atoms with Gasteiger partial charge < -0.3 is 5.32 Å². The van der Waals surface area contributed by atoms with Crippen LogP contribution in [-0.4, -0.2) is 25.7 Å². The number of rotatable bonds is 5.